The fourth-order valence-electron chi connectivity index (χ4n) is 2.05. The topological polar surface area (TPSA) is 68.2 Å². The van der Waals surface area contributed by atoms with E-state index in [0.29, 0.717) is 22.6 Å². The highest BCUT2D eigenvalue weighted by molar-refractivity contribution is 6.33. The van der Waals surface area contributed by atoms with E-state index in [4.69, 9.17) is 21.8 Å². The lowest BCUT2D eigenvalue weighted by Crippen LogP contribution is -2.17. The Hall–Kier alpha value is -1.75. The molecule has 3 rings (SSSR count). The van der Waals surface area contributed by atoms with Gasteiger partial charge < -0.3 is 15.1 Å². The van der Waals surface area contributed by atoms with Crippen LogP contribution in [0.1, 0.15) is 12.8 Å². The maximum Gasteiger partial charge on any atom is 0.318 e. The van der Waals surface area contributed by atoms with Gasteiger partial charge in [0.25, 0.3) is 0 Å². The molecule has 6 heteroatoms. The summed E-state index contributed by atoms with van der Waals surface area (Å²) >= 11 is 5.88. The Morgan fingerprint density at radius 1 is 1.22 bits per heavy atom. The van der Waals surface area contributed by atoms with E-state index in [1.54, 1.807) is 12.1 Å². The molecule has 1 saturated heterocycles. The summed E-state index contributed by atoms with van der Waals surface area (Å²) < 4.78 is 5.65. The standard InChI is InChI=1S/C12H13ClN4O/c13-9-4-3-8(7-10(9)14)11-15-16-12(18-11)17-5-1-2-6-17/h3-4,7H,1-2,5-6,14H2. The van der Waals surface area contributed by atoms with Gasteiger partial charge in [-0.1, -0.05) is 16.7 Å². The molecule has 0 amide bonds. The van der Waals surface area contributed by atoms with Crippen molar-refractivity contribution in [2.45, 2.75) is 12.8 Å². The van der Waals surface area contributed by atoms with Crippen LogP contribution in [0.15, 0.2) is 22.6 Å². The zero-order valence-electron chi connectivity index (χ0n) is 9.77. The normalized spacial score (nSPS) is 15.3. The molecule has 1 aromatic heterocycles. The van der Waals surface area contributed by atoms with E-state index >= 15 is 0 Å². The van der Waals surface area contributed by atoms with Crippen molar-refractivity contribution in [3.63, 3.8) is 0 Å². The highest BCUT2D eigenvalue weighted by Crippen LogP contribution is 2.28. The highest BCUT2D eigenvalue weighted by Gasteiger charge is 2.19. The molecule has 2 aromatic rings. The fourth-order valence-corrected chi connectivity index (χ4v) is 2.16. The highest BCUT2D eigenvalue weighted by atomic mass is 35.5. The summed E-state index contributed by atoms with van der Waals surface area (Å²) in [4.78, 5) is 2.09. The second-order valence-corrected chi connectivity index (χ2v) is 4.73. The van der Waals surface area contributed by atoms with Crippen molar-refractivity contribution in [3.8, 4) is 11.5 Å². The molecule has 2 N–H and O–H groups in total. The lowest BCUT2D eigenvalue weighted by Gasteiger charge is -2.09. The summed E-state index contributed by atoms with van der Waals surface area (Å²) in [5, 5.41) is 8.63. The quantitative estimate of drug-likeness (QED) is 0.845. The van der Waals surface area contributed by atoms with E-state index in [1.807, 2.05) is 6.07 Å². The Kier molecular flexibility index (Phi) is 2.83. The molecule has 18 heavy (non-hydrogen) atoms. The minimum atomic E-state index is 0.472. The van der Waals surface area contributed by atoms with E-state index < -0.39 is 0 Å². The molecular weight excluding hydrogens is 252 g/mol. The van der Waals surface area contributed by atoms with Gasteiger partial charge in [0.05, 0.1) is 10.7 Å². The van der Waals surface area contributed by atoms with Gasteiger partial charge in [-0.3, -0.25) is 0 Å². The summed E-state index contributed by atoms with van der Waals surface area (Å²) in [7, 11) is 0. The number of aromatic nitrogens is 2. The van der Waals surface area contributed by atoms with Gasteiger partial charge in [-0.2, -0.15) is 0 Å². The molecule has 94 valence electrons. The summed E-state index contributed by atoms with van der Waals surface area (Å²) in [5.74, 6) is 0.472. The van der Waals surface area contributed by atoms with Gasteiger partial charge in [0, 0.05) is 18.7 Å². The molecule has 1 aromatic carbocycles. The van der Waals surface area contributed by atoms with E-state index in [0.717, 1.165) is 18.7 Å². The zero-order valence-corrected chi connectivity index (χ0v) is 10.5. The number of rotatable bonds is 2. The van der Waals surface area contributed by atoms with Crippen molar-refractivity contribution >= 4 is 23.3 Å². The molecule has 5 nitrogen and oxygen atoms in total. The van der Waals surface area contributed by atoms with Crippen molar-refractivity contribution in [2.75, 3.05) is 23.7 Å². The molecule has 0 radical (unpaired) electrons. The maximum absolute atomic E-state index is 5.88. The molecule has 1 aliphatic heterocycles. The van der Waals surface area contributed by atoms with Gasteiger partial charge in [-0.05, 0) is 31.0 Å². The first kappa shape index (κ1) is 11.3. The van der Waals surface area contributed by atoms with Crippen LogP contribution in [0.2, 0.25) is 5.02 Å². The summed E-state index contributed by atoms with van der Waals surface area (Å²) in [5.41, 5.74) is 7.05. The van der Waals surface area contributed by atoms with Gasteiger partial charge in [0.2, 0.25) is 5.89 Å². The van der Waals surface area contributed by atoms with Crippen LogP contribution in [-0.2, 0) is 0 Å². The van der Waals surface area contributed by atoms with Crippen LogP contribution >= 0.6 is 11.6 Å². The molecule has 1 fully saturated rings. The van der Waals surface area contributed by atoms with Gasteiger partial charge in [-0.15, -0.1) is 5.10 Å². The number of hydrogen-bond donors (Lipinski definition) is 1. The first-order valence-corrected chi connectivity index (χ1v) is 6.26. The SMILES string of the molecule is Nc1cc(-c2nnc(N3CCCC3)o2)ccc1Cl. The Morgan fingerprint density at radius 3 is 2.72 bits per heavy atom. The summed E-state index contributed by atoms with van der Waals surface area (Å²) in [6.45, 7) is 1.95. The average molecular weight is 265 g/mol. The Bertz CT molecular complexity index is 563. The monoisotopic (exact) mass is 264 g/mol. The predicted molar refractivity (Wildman–Crippen MR) is 70.6 cm³/mol. The van der Waals surface area contributed by atoms with Crippen molar-refractivity contribution in [3.05, 3.63) is 23.2 Å². The molecule has 0 unspecified atom stereocenters. The van der Waals surface area contributed by atoms with Crippen LogP contribution in [0.3, 0.4) is 0 Å². The van der Waals surface area contributed by atoms with E-state index in [1.165, 1.54) is 12.8 Å². The number of nitrogen functional groups attached to an aromatic ring is 1. The first-order chi connectivity index (χ1) is 8.74. The van der Waals surface area contributed by atoms with Crippen LogP contribution in [-0.4, -0.2) is 23.3 Å². The van der Waals surface area contributed by atoms with E-state index in [9.17, 15) is 0 Å². The fraction of sp³-hybridized carbons (Fsp3) is 0.333. The minimum Gasteiger partial charge on any atom is -0.403 e. The molecule has 2 heterocycles. The maximum atomic E-state index is 5.88. The molecule has 0 spiro atoms. The number of benzene rings is 1. The number of nitrogens with two attached hydrogens (primary N) is 1. The lowest BCUT2D eigenvalue weighted by molar-refractivity contribution is 0.557. The number of nitrogens with zero attached hydrogens (tertiary/aromatic N) is 3. The Morgan fingerprint density at radius 2 is 2.00 bits per heavy atom. The Labute approximate surface area is 110 Å². The van der Waals surface area contributed by atoms with Crippen molar-refractivity contribution in [1.82, 2.24) is 10.2 Å². The molecule has 0 aliphatic carbocycles. The van der Waals surface area contributed by atoms with Gasteiger partial charge >= 0.3 is 6.01 Å². The van der Waals surface area contributed by atoms with E-state index in [-0.39, 0.29) is 0 Å². The van der Waals surface area contributed by atoms with Gasteiger partial charge in [0.15, 0.2) is 0 Å². The van der Waals surface area contributed by atoms with Crippen LogP contribution in [0.25, 0.3) is 11.5 Å². The number of halogens is 1. The number of hydrogen-bond acceptors (Lipinski definition) is 5. The zero-order chi connectivity index (χ0) is 12.5. The molecule has 0 bridgehead atoms. The third kappa shape index (κ3) is 2.01. The molecule has 1 aliphatic rings. The predicted octanol–water partition coefficient (Wildman–Crippen LogP) is 2.57. The largest absolute Gasteiger partial charge is 0.403 e. The van der Waals surface area contributed by atoms with Crippen LogP contribution in [0, 0.1) is 0 Å². The number of anilines is 2. The van der Waals surface area contributed by atoms with E-state index in [2.05, 4.69) is 15.1 Å². The second-order valence-electron chi connectivity index (χ2n) is 4.32. The van der Waals surface area contributed by atoms with Gasteiger partial charge in [0.1, 0.15) is 0 Å². The van der Waals surface area contributed by atoms with Crippen molar-refractivity contribution < 1.29 is 4.42 Å². The molecule has 0 atom stereocenters. The molecule has 0 saturated carbocycles. The summed E-state index contributed by atoms with van der Waals surface area (Å²) in [6.07, 6.45) is 2.34. The van der Waals surface area contributed by atoms with Crippen LogP contribution in [0.5, 0.6) is 0 Å². The third-order valence-electron chi connectivity index (χ3n) is 3.03. The smallest absolute Gasteiger partial charge is 0.318 e. The van der Waals surface area contributed by atoms with Gasteiger partial charge in [-0.25, -0.2) is 0 Å². The minimum absolute atomic E-state index is 0.472. The Balaban J connectivity index is 1.89. The first-order valence-electron chi connectivity index (χ1n) is 5.88. The van der Waals surface area contributed by atoms with Crippen molar-refractivity contribution in [2.24, 2.45) is 0 Å². The van der Waals surface area contributed by atoms with Crippen molar-refractivity contribution in [1.29, 1.82) is 0 Å². The van der Waals surface area contributed by atoms with Crippen LogP contribution in [0.4, 0.5) is 11.7 Å². The van der Waals surface area contributed by atoms with Crippen LogP contribution < -0.4 is 10.6 Å². The second kappa shape index (κ2) is 4.49. The molecular formula is C12H13ClN4O. The lowest BCUT2D eigenvalue weighted by atomic mass is 10.2. The third-order valence-corrected chi connectivity index (χ3v) is 3.38. The summed E-state index contributed by atoms with van der Waals surface area (Å²) in [6, 6.07) is 5.87. The average Bonchev–Trinajstić information content (AvgIpc) is 3.01.